The van der Waals surface area contributed by atoms with Gasteiger partial charge in [-0.25, -0.2) is 4.39 Å². The largest absolute Gasteiger partial charge is 0.419 e. The number of H-pyrrole nitrogens is 1. The summed E-state index contributed by atoms with van der Waals surface area (Å²) in [5, 5.41) is 0. The third-order valence-electron chi connectivity index (χ3n) is 2.41. The Morgan fingerprint density at radius 3 is 2.44 bits per heavy atom. The number of nitrogens with one attached hydrogen (secondary N) is 1. The van der Waals surface area contributed by atoms with Crippen molar-refractivity contribution in [2.75, 3.05) is 0 Å². The van der Waals surface area contributed by atoms with Gasteiger partial charge in [0.25, 0.3) is 0 Å². The summed E-state index contributed by atoms with van der Waals surface area (Å²) in [5.41, 5.74) is -1.93. The summed E-state index contributed by atoms with van der Waals surface area (Å²) in [6.45, 7) is 0. The van der Waals surface area contributed by atoms with Gasteiger partial charge in [-0.3, -0.25) is 4.79 Å². The molecule has 0 fully saturated rings. The maximum absolute atomic E-state index is 13.7. The van der Waals surface area contributed by atoms with Gasteiger partial charge >= 0.3 is 6.18 Å². The van der Waals surface area contributed by atoms with Crippen molar-refractivity contribution >= 4 is 5.78 Å². The maximum Gasteiger partial charge on any atom is 0.419 e. The van der Waals surface area contributed by atoms with Gasteiger partial charge in [0.2, 0.25) is 0 Å². The van der Waals surface area contributed by atoms with E-state index in [0.29, 0.717) is 6.07 Å². The van der Waals surface area contributed by atoms with E-state index in [-0.39, 0.29) is 5.56 Å². The van der Waals surface area contributed by atoms with E-state index < -0.39 is 28.9 Å². The van der Waals surface area contributed by atoms with Crippen molar-refractivity contribution < 1.29 is 22.4 Å². The zero-order valence-electron chi connectivity index (χ0n) is 8.88. The highest BCUT2D eigenvalue weighted by molar-refractivity contribution is 6.09. The minimum Gasteiger partial charge on any atom is -0.367 e. The lowest BCUT2D eigenvalue weighted by molar-refractivity contribution is -0.140. The molecule has 2 aromatic rings. The molecular formula is C12H7F4NO. The molecule has 6 heteroatoms. The standard InChI is InChI=1S/C12H7F4NO/c13-10-8(11(18)7-4-5-17-6-7)2-1-3-9(10)12(14,15)16/h1-6,17H. The van der Waals surface area contributed by atoms with Crippen molar-refractivity contribution in [3.8, 4) is 0 Å². The van der Waals surface area contributed by atoms with Crippen LogP contribution in [0.3, 0.4) is 0 Å². The normalized spacial score (nSPS) is 11.6. The summed E-state index contributed by atoms with van der Waals surface area (Å²) in [7, 11) is 0. The molecule has 18 heavy (non-hydrogen) atoms. The van der Waals surface area contributed by atoms with Gasteiger partial charge in [0.05, 0.1) is 11.1 Å². The van der Waals surface area contributed by atoms with Gasteiger partial charge in [-0.05, 0) is 18.2 Å². The molecular weight excluding hydrogens is 250 g/mol. The molecule has 0 aliphatic rings. The number of hydrogen-bond donors (Lipinski definition) is 1. The number of benzene rings is 1. The number of carbonyl (C=O) groups excluding carboxylic acids is 1. The molecule has 2 rings (SSSR count). The lowest BCUT2D eigenvalue weighted by atomic mass is 10.0. The molecule has 0 spiro atoms. The molecule has 0 atom stereocenters. The number of carbonyl (C=O) groups is 1. The zero-order chi connectivity index (χ0) is 13.3. The second-order valence-corrected chi connectivity index (χ2v) is 3.59. The van der Waals surface area contributed by atoms with E-state index in [1.54, 1.807) is 0 Å². The Kier molecular flexibility index (Phi) is 2.94. The van der Waals surface area contributed by atoms with Crippen LogP contribution < -0.4 is 0 Å². The molecule has 0 unspecified atom stereocenters. The average Bonchev–Trinajstić information content (AvgIpc) is 2.80. The lowest BCUT2D eigenvalue weighted by Gasteiger charge is -2.10. The number of rotatable bonds is 2. The van der Waals surface area contributed by atoms with Crippen LogP contribution in [0.4, 0.5) is 17.6 Å². The predicted octanol–water partition coefficient (Wildman–Crippen LogP) is 3.40. The molecule has 0 bridgehead atoms. The fourth-order valence-electron chi connectivity index (χ4n) is 1.55. The van der Waals surface area contributed by atoms with Gasteiger partial charge < -0.3 is 4.98 Å². The number of aromatic amines is 1. The van der Waals surface area contributed by atoms with E-state index in [4.69, 9.17) is 0 Å². The quantitative estimate of drug-likeness (QED) is 0.649. The summed E-state index contributed by atoms with van der Waals surface area (Å²) in [5.74, 6) is -2.34. The van der Waals surface area contributed by atoms with E-state index in [2.05, 4.69) is 4.98 Å². The highest BCUT2D eigenvalue weighted by Gasteiger charge is 2.35. The number of alkyl halides is 3. The van der Waals surface area contributed by atoms with Crippen molar-refractivity contribution in [3.05, 3.63) is 59.2 Å². The van der Waals surface area contributed by atoms with Gasteiger partial charge in [0, 0.05) is 18.0 Å². The van der Waals surface area contributed by atoms with Crippen molar-refractivity contribution in [3.63, 3.8) is 0 Å². The average molecular weight is 257 g/mol. The Balaban J connectivity index is 2.50. The first-order valence-electron chi connectivity index (χ1n) is 4.94. The predicted molar refractivity (Wildman–Crippen MR) is 55.6 cm³/mol. The van der Waals surface area contributed by atoms with E-state index in [9.17, 15) is 22.4 Å². The molecule has 0 saturated heterocycles. The van der Waals surface area contributed by atoms with E-state index in [1.807, 2.05) is 0 Å². The molecule has 0 saturated carbocycles. The second kappa shape index (κ2) is 4.29. The molecule has 0 aliphatic carbocycles. The lowest BCUT2D eigenvalue weighted by Crippen LogP contribution is -2.12. The highest BCUT2D eigenvalue weighted by atomic mass is 19.4. The van der Waals surface area contributed by atoms with Gasteiger partial charge in [0.15, 0.2) is 5.78 Å². The van der Waals surface area contributed by atoms with Crippen LogP contribution in [0.15, 0.2) is 36.7 Å². The van der Waals surface area contributed by atoms with Crippen LogP contribution in [0.2, 0.25) is 0 Å². The van der Waals surface area contributed by atoms with Gasteiger partial charge in [-0.1, -0.05) is 6.07 Å². The van der Waals surface area contributed by atoms with Crippen molar-refractivity contribution in [1.82, 2.24) is 4.98 Å². The fourth-order valence-corrected chi connectivity index (χ4v) is 1.55. The molecule has 0 radical (unpaired) electrons. The van der Waals surface area contributed by atoms with Crippen LogP contribution >= 0.6 is 0 Å². The minimum atomic E-state index is -4.82. The van der Waals surface area contributed by atoms with Crippen LogP contribution in [-0.2, 0) is 6.18 Å². The molecule has 94 valence electrons. The Hall–Kier alpha value is -2.11. The minimum absolute atomic E-state index is 0.105. The summed E-state index contributed by atoms with van der Waals surface area (Å²) in [4.78, 5) is 14.4. The zero-order valence-corrected chi connectivity index (χ0v) is 8.88. The Labute approximate surface area is 99.3 Å². The number of ketones is 1. The topological polar surface area (TPSA) is 32.9 Å². The van der Waals surface area contributed by atoms with Crippen molar-refractivity contribution in [2.24, 2.45) is 0 Å². The van der Waals surface area contributed by atoms with E-state index in [0.717, 1.165) is 12.1 Å². The Morgan fingerprint density at radius 2 is 1.89 bits per heavy atom. The third-order valence-corrected chi connectivity index (χ3v) is 2.41. The Morgan fingerprint density at radius 1 is 1.17 bits per heavy atom. The summed E-state index contributed by atoms with van der Waals surface area (Å²) in [6.07, 6.45) is -2.10. The summed E-state index contributed by atoms with van der Waals surface area (Å²) < 4.78 is 51.1. The molecule has 1 aromatic carbocycles. The smallest absolute Gasteiger partial charge is 0.367 e. The summed E-state index contributed by atoms with van der Waals surface area (Å²) in [6, 6.07) is 4.00. The third kappa shape index (κ3) is 2.13. The number of aromatic nitrogens is 1. The van der Waals surface area contributed by atoms with Crippen molar-refractivity contribution in [1.29, 1.82) is 0 Å². The number of halogens is 4. The fraction of sp³-hybridized carbons (Fsp3) is 0.0833. The first kappa shape index (κ1) is 12.3. The van der Waals surface area contributed by atoms with Crippen LogP contribution in [-0.4, -0.2) is 10.8 Å². The molecule has 1 aromatic heterocycles. The molecule has 0 amide bonds. The van der Waals surface area contributed by atoms with Gasteiger partial charge in [-0.15, -0.1) is 0 Å². The molecule has 1 heterocycles. The van der Waals surface area contributed by atoms with Crippen molar-refractivity contribution in [2.45, 2.75) is 6.18 Å². The van der Waals surface area contributed by atoms with Gasteiger partial charge in [-0.2, -0.15) is 13.2 Å². The highest BCUT2D eigenvalue weighted by Crippen LogP contribution is 2.32. The Bertz CT molecular complexity index is 572. The molecule has 0 aliphatic heterocycles. The SMILES string of the molecule is O=C(c1cc[nH]c1)c1cccc(C(F)(F)F)c1F. The van der Waals surface area contributed by atoms with Gasteiger partial charge in [0.1, 0.15) is 5.82 Å². The molecule has 1 N–H and O–H groups in total. The van der Waals surface area contributed by atoms with Crippen LogP contribution in [0.25, 0.3) is 0 Å². The van der Waals surface area contributed by atoms with Crippen LogP contribution in [0.5, 0.6) is 0 Å². The van der Waals surface area contributed by atoms with E-state index in [1.165, 1.54) is 18.5 Å². The van der Waals surface area contributed by atoms with E-state index >= 15 is 0 Å². The first-order chi connectivity index (χ1) is 8.41. The number of hydrogen-bond acceptors (Lipinski definition) is 1. The van der Waals surface area contributed by atoms with Crippen LogP contribution in [0, 0.1) is 5.82 Å². The monoisotopic (exact) mass is 257 g/mol. The first-order valence-corrected chi connectivity index (χ1v) is 4.94. The maximum atomic E-state index is 13.7. The van der Waals surface area contributed by atoms with Crippen LogP contribution in [0.1, 0.15) is 21.5 Å². The molecule has 2 nitrogen and oxygen atoms in total. The second-order valence-electron chi connectivity index (χ2n) is 3.59. The summed E-state index contributed by atoms with van der Waals surface area (Å²) >= 11 is 0.